The van der Waals surface area contributed by atoms with Crippen molar-refractivity contribution in [1.29, 1.82) is 0 Å². The van der Waals surface area contributed by atoms with Crippen LogP contribution in [0.4, 0.5) is 4.39 Å². The first kappa shape index (κ1) is 17.7. The summed E-state index contributed by atoms with van der Waals surface area (Å²) >= 11 is 0. The van der Waals surface area contributed by atoms with Gasteiger partial charge in [-0.3, -0.25) is 9.59 Å². The lowest BCUT2D eigenvalue weighted by atomic mass is 10.1. The SMILES string of the molecule is Cc1cc(C(=O)N(CCCC(=O)O)Cc2ccccc2)ccc1F. The molecule has 0 aromatic heterocycles. The van der Waals surface area contributed by atoms with Crippen molar-refractivity contribution >= 4 is 11.9 Å². The number of benzene rings is 2. The number of aryl methyl sites for hydroxylation is 1. The smallest absolute Gasteiger partial charge is 0.303 e. The lowest BCUT2D eigenvalue weighted by molar-refractivity contribution is -0.137. The van der Waals surface area contributed by atoms with Crippen LogP contribution in [0.1, 0.15) is 34.3 Å². The highest BCUT2D eigenvalue weighted by Crippen LogP contribution is 2.14. The van der Waals surface area contributed by atoms with Crippen molar-refractivity contribution in [2.75, 3.05) is 6.54 Å². The van der Waals surface area contributed by atoms with Gasteiger partial charge in [-0.2, -0.15) is 0 Å². The van der Waals surface area contributed by atoms with Crippen LogP contribution in [0.2, 0.25) is 0 Å². The largest absolute Gasteiger partial charge is 0.481 e. The summed E-state index contributed by atoms with van der Waals surface area (Å²) in [6, 6.07) is 13.7. The molecule has 0 radical (unpaired) electrons. The Balaban J connectivity index is 2.17. The Kier molecular flexibility index (Phi) is 6.07. The molecule has 1 N–H and O–H groups in total. The third-order valence-electron chi connectivity index (χ3n) is 3.73. The first-order valence-electron chi connectivity index (χ1n) is 7.78. The van der Waals surface area contributed by atoms with Crippen LogP contribution in [0.15, 0.2) is 48.5 Å². The van der Waals surface area contributed by atoms with E-state index in [1.165, 1.54) is 18.2 Å². The van der Waals surface area contributed by atoms with Gasteiger partial charge in [-0.15, -0.1) is 0 Å². The number of rotatable bonds is 7. The zero-order valence-corrected chi connectivity index (χ0v) is 13.5. The molecular weight excluding hydrogens is 309 g/mol. The molecule has 0 unspecified atom stereocenters. The number of carboxylic acid groups (broad SMARTS) is 1. The van der Waals surface area contributed by atoms with Gasteiger partial charge in [-0.1, -0.05) is 30.3 Å². The number of halogens is 1. The molecule has 2 aromatic rings. The van der Waals surface area contributed by atoms with E-state index in [2.05, 4.69) is 0 Å². The quantitative estimate of drug-likeness (QED) is 0.844. The van der Waals surface area contributed by atoms with E-state index in [1.807, 2.05) is 30.3 Å². The molecule has 0 aliphatic rings. The van der Waals surface area contributed by atoms with Crippen LogP contribution in [0.3, 0.4) is 0 Å². The molecule has 5 heteroatoms. The predicted molar refractivity (Wildman–Crippen MR) is 89.2 cm³/mol. The number of hydrogen-bond acceptors (Lipinski definition) is 2. The van der Waals surface area contributed by atoms with Gasteiger partial charge in [0, 0.05) is 25.1 Å². The minimum atomic E-state index is -0.889. The van der Waals surface area contributed by atoms with Crippen LogP contribution in [0.5, 0.6) is 0 Å². The van der Waals surface area contributed by atoms with Gasteiger partial charge in [0.05, 0.1) is 0 Å². The van der Waals surface area contributed by atoms with E-state index in [1.54, 1.807) is 11.8 Å². The molecule has 1 amide bonds. The lowest BCUT2D eigenvalue weighted by Crippen LogP contribution is -2.32. The standard InChI is InChI=1S/C19H20FNO3/c1-14-12-16(9-10-17(14)20)19(24)21(11-5-8-18(22)23)13-15-6-3-2-4-7-15/h2-4,6-7,9-10,12H,5,8,11,13H2,1H3,(H,22,23). The molecule has 0 fully saturated rings. The Bertz CT molecular complexity index is 716. The Morgan fingerprint density at radius 3 is 2.46 bits per heavy atom. The average molecular weight is 329 g/mol. The fourth-order valence-corrected chi connectivity index (χ4v) is 2.44. The maximum absolute atomic E-state index is 13.4. The van der Waals surface area contributed by atoms with E-state index in [0.717, 1.165) is 5.56 Å². The predicted octanol–water partition coefficient (Wildman–Crippen LogP) is 3.64. The van der Waals surface area contributed by atoms with Crippen molar-refractivity contribution < 1.29 is 19.1 Å². The van der Waals surface area contributed by atoms with Crippen LogP contribution in [0, 0.1) is 12.7 Å². The Morgan fingerprint density at radius 2 is 1.83 bits per heavy atom. The van der Waals surface area contributed by atoms with E-state index in [4.69, 9.17) is 5.11 Å². The molecule has 126 valence electrons. The summed E-state index contributed by atoms with van der Waals surface area (Å²) < 4.78 is 13.4. The average Bonchev–Trinajstić information content (AvgIpc) is 2.56. The van der Waals surface area contributed by atoms with Crippen molar-refractivity contribution in [1.82, 2.24) is 4.90 Å². The number of nitrogens with zero attached hydrogens (tertiary/aromatic N) is 1. The number of amides is 1. The Labute approximate surface area is 140 Å². The maximum atomic E-state index is 13.4. The summed E-state index contributed by atoms with van der Waals surface area (Å²) in [5, 5.41) is 8.79. The second-order valence-electron chi connectivity index (χ2n) is 5.67. The molecule has 4 nitrogen and oxygen atoms in total. The lowest BCUT2D eigenvalue weighted by Gasteiger charge is -2.23. The molecule has 0 spiro atoms. The van der Waals surface area contributed by atoms with Crippen LogP contribution in [-0.4, -0.2) is 28.4 Å². The van der Waals surface area contributed by atoms with E-state index in [9.17, 15) is 14.0 Å². The number of carbonyl (C=O) groups excluding carboxylic acids is 1. The molecule has 2 aromatic carbocycles. The molecule has 0 heterocycles. The third-order valence-corrected chi connectivity index (χ3v) is 3.73. The van der Waals surface area contributed by atoms with Crippen LogP contribution in [-0.2, 0) is 11.3 Å². The minimum absolute atomic E-state index is 0.00101. The molecule has 0 aliphatic carbocycles. The molecule has 0 aliphatic heterocycles. The summed E-state index contributed by atoms with van der Waals surface area (Å²) in [7, 11) is 0. The third kappa shape index (κ3) is 4.91. The fourth-order valence-electron chi connectivity index (χ4n) is 2.44. The zero-order chi connectivity index (χ0) is 17.5. The monoisotopic (exact) mass is 329 g/mol. The van der Waals surface area contributed by atoms with Gasteiger partial charge < -0.3 is 10.0 Å². The zero-order valence-electron chi connectivity index (χ0n) is 13.5. The second-order valence-corrected chi connectivity index (χ2v) is 5.67. The highest BCUT2D eigenvalue weighted by molar-refractivity contribution is 5.94. The second kappa shape index (κ2) is 8.24. The summed E-state index contributed by atoms with van der Waals surface area (Å²) in [4.78, 5) is 25.1. The van der Waals surface area contributed by atoms with Gasteiger partial charge in [0.25, 0.3) is 5.91 Å². The van der Waals surface area contributed by atoms with Crippen molar-refractivity contribution in [3.63, 3.8) is 0 Å². The van der Waals surface area contributed by atoms with E-state index < -0.39 is 5.97 Å². The topological polar surface area (TPSA) is 57.6 Å². The van der Waals surface area contributed by atoms with Crippen molar-refractivity contribution in [2.24, 2.45) is 0 Å². The molecule has 2 rings (SSSR count). The first-order valence-corrected chi connectivity index (χ1v) is 7.78. The van der Waals surface area contributed by atoms with Crippen LogP contribution < -0.4 is 0 Å². The minimum Gasteiger partial charge on any atom is -0.481 e. The highest BCUT2D eigenvalue weighted by Gasteiger charge is 2.17. The van der Waals surface area contributed by atoms with E-state index in [-0.39, 0.29) is 18.1 Å². The highest BCUT2D eigenvalue weighted by atomic mass is 19.1. The van der Waals surface area contributed by atoms with E-state index in [0.29, 0.717) is 30.6 Å². The molecule has 0 bridgehead atoms. The number of hydrogen-bond donors (Lipinski definition) is 1. The van der Waals surface area contributed by atoms with Crippen molar-refractivity contribution in [3.8, 4) is 0 Å². The number of carbonyl (C=O) groups is 2. The Morgan fingerprint density at radius 1 is 1.12 bits per heavy atom. The van der Waals surface area contributed by atoms with Crippen LogP contribution in [0.25, 0.3) is 0 Å². The first-order chi connectivity index (χ1) is 11.5. The van der Waals surface area contributed by atoms with Crippen molar-refractivity contribution in [3.05, 3.63) is 71.0 Å². The molecule has 0 saturated heterocycles. The number of carboxylic acids is 1. The van der Waals surface area contributed by atoms with Gasteiger partial charge in [-0.25, -0.2) is 4.39 Å². The van der Waals surface area contributed by atoms with Gasteiger partial charge in [0.2, 0.25) is 0 Å². The maximum Gasteiger partial charge on any atom is 0.303 e. The van der Waals surface area contributed by atoms with E-state index >= 15 is 0 Å². The summed E-state index contributed by atoms with van der Waals surface area (Å²) in [5.74, 6) is -1.47. The molecule has 0 atom stereocenters. The summed E-state index contributed by atoms with van der Waals surface area (Å²) in [6.45, 7) is 2.32. The fraction of sp³-hybridized carbons (Fsp3) is 0.263. The number of aliphatic carboxylic acids is 1. The Hall–Kier alpha value is -2.69. The molecule has 24 heavy (non-hydrogen) atoms. The molecular formula is C19H20FNO3. The van der Waals surface area contributed by atoms with Crippen molar-refractivity contribution in [2.45, 2.75) is 26.3 Å². The summed E-state index contributed by atoms with van der Waals surface area (Å²) in [6.07, 6.45) is 0.370. The van der Waals surface area contributed by atoms with Crippen LogP contribution >= 0.6 is 0 Å². The molecule has 0 saturated carbocycles. The van der Waals surface area contributed by atoms with Gasteiger partial charge in [0.15, 0.2) is 0 Å². The summed E-state index contributed by atoms with van der Waals surface area (Å²) in [5.41, 5.74) is 1.77. The normalized spacial score (nSPS) is 10.4. The van der Waals surface area contributed by atoms with Gasteiger partial charge >= 0.3 is 5.97 Å². The van der Waals surface area contributed by atoms with Gasteiger partial charge in [0.1, 0.15) is 5.82 Å². The van der Waals surface area contributed by atoms with Gasteiger partial charge in [-0.05, 0) is 42.7 Å².